The van der Waals surface area contributed by atoms with Gasteiger partial charge in [-0.2, -0.15) is 0 Å². The SMILES string of the molecule is CC(C)(C)C1CCC(C(=O)Cc2ccco2)CC1. The quantitative estimate of drug-likeness (QED) is 0.800. The molecule has 18 heavy (non-hydrogen) atoms. The molecule has 1 fully saturated rings. The maximum atomic E-state index is 12.2. The highest BCUT2D eigenvalue weighted by molar-refractivity contribution is 5.82. The minimum atomic E-state index is 0.258. The van der Waals surface area contributed by atoms with Crippen LogP contribution in [0, 0.1) is 17.3 Å². The lowest BCUT2D eigenvalue weighted by molar-refractivity contribution is -0.124. The molecule has 1 aliphatic rings. The van der Waals surface area contributed by atoms with E-state index in [9.17, 15) is 4.79 Å². The van der Waals surface area contributed by atoms with Gasteiger partial charge in [0.25, 0.3) is 0 Å². The Hall–Kier alpha value is -1.05. The highest BCUT2D eigenvalue weighted by atomic mass is 16.3. The molecule has 1 aromatic heterocycles. The number of hydrogen-bond donors (Lipinski definition) is 0. The molecule has 1 aromatic rings. The summed E-state index contributed by atoms with van der Waals surface area (Å²) in [4.78, 5) is 12.2. The molecule has 0 N–H and O–H groups in total. The van der Waals surface area contributed by atoms with Gasteiger partial charge in [-0.15, -0.1) is 0 Å². The van der Waals surface area contributed by atoms with Crippen LogP contribution in [0.3, 0.4) is 0 Å². The Bertz CT molecular complexity index is 376. The molecule has 1 heterocycles. The first-order valence-corrected chi connectivity index (χ1v) is 7.02. The number of rotatable bonds is 3. The lowest BCUT2D eigenvalue weighted by Gasteiger charge is -2.36. The van der Waals surface area contributed by atoms with Crippen molar-refractivity contribution in [2.75, 3.05) is 0 Å². The van der Waals surface area contributed by atoms with E-state index < -0.39 is 0 Å². The Labute approximate surface area is 110 Å². The third kappa shape index (κ3) is 3.24. The van der Waals surface area contributed by atoms with Crippen molar-refractivity contribution in [2.24, 2.45) is 17.3 Å². The van der Waals surface area contributed by atoms with Crippen LogP contribution in [0.25, 0.3) is 0 Å². The summed E-state index contributed by atoms with van der Waals surface area (Å²) in [6, 6.07) is 3.73. The zero-order valence-corrected chi connectivity index (χ0v) is 11.7. The van der Waals surface area contributed by atoms with Crippen LogP contribution < -0.4 is 0 Å². The Morgan fingerprint density at radius 1 is 1.28 bits per heavy atom. The first-order valence-electron chi connectivity index (χ1n) is 7.02. The van der Waals surface area contributed by atoms with Crippen LogP contribution in [0.5, 0.6) is 0 Å². The van der Waals surface area contributed by atoms with Gasteiger partial charge in [-0.3, -0.25) is 4.79 Å². The second-order valence-electron chi connectivity index (χ2n) is 6.64. The van der Waals surface area contributed by atoms with Gasteiger partial charge in [-0.25, -0.2) is 0 Å². The largest absolute Gasteiger partial charge is 0.469 e. The molecule has 0 aromatic carbocycles. The average Bonchev–Trinajstić information content (AvgIpc) is 2.81. The van der Waals surface area contributed by atoms with E-state index in [1.165, 1.54) is 12.8 Å². The molecule has 1 aliphatic carbocycles. The van der Waals surface area contributed by atoms with Crippen LogP contribution in [-0.2, 0) is 11.2 Å². The maximum Gasteiger partial charge on any atom is 0.143 e. The lowest BCUT2D eigenvalue weighted by Crippen LogP contribution is -2.29. The van der Waals surface area contributed by atoms with Gasteiger partial charge in [0.1, 0.15) is 11.5 Å². The smallest absolute Gasteiger partial charge is 0.143 e. The van der Waals surface area contributed by atoms with Crippen molar-refractivity contribution in [3.63, 3.8) is 0 Å². The standard InChI is InChI=1S/C16H24O2/c1-16(2,3)13-8-6-12(7-9-13)15(17)11-14-5-4-10-18-14/h4-5,10,12-13H,6-9,11H2,1-3H3. The fourth-order valence-corrected chi connectivity index (χ4v) is 3.01. The highest BCUT2D eigenvalue weighted by Gasteiger charge is 2.32. The van der Waals surface area contributed by atoms with E-state index in [-0.39, 0.29) is 5.92 Å². The zero-order chi connectivity index (χ0) is 13.2. The summed E-state index contributed by atoms with van der Waals surface area (Å²) in [6.07, 6.45) is 6.61. The number of Topliss-reactive ketones (excluding diaryl/α,β-unsaturated/α-hetero) is 1. The van der Waals surface area contributed by atoms with E-state index in [4.69, 9.17) is 4.42 Å². The van der Waals surface area contributed by atoms with Crippen LogP contribution in [0.4, 0.5) is 0 Å². The van der Waals surface area contributed by atoms with E-state index in [1.807, 2.05) is 12.1 Å². The Morgan fingerprint density at radius 2 is 1.94 bits per heavy atom. The van der Waals surface area contributed by atoms with Crippen LogP contribution in [0.15, 0.2) is 22.8 Å². The van der Waals surface area contributed by atoms with Crippen molar-refractivity contribution in [3.05, 3.63) is 24.2 Å². The van der Waals surface area contributed by atoms with Crippen molar-refractivity contribution in [3.8, 4) is 0 Å². The summed E-state index contributed by atoms with van der Waals surface area (Å²) in [5.74, 6) is 2.19. The summed E-state index contributed by atoms with van der Waals surface area (Å²) in [7, 11) is 0. The normalized spacial score (nSPS) is 25.1. The molecule has 0 unspecified atom stereocenters. The highest BCUT2D eigenvalue weighted by Crippen LogP contribution is 2.40. The summed E-state index contributed by atoms with van der Waals surface area (Å²) < 4.78 is 5.25. The molecule has 0 aliphatic heterocycles. The van der Waals surface area contributed by atoms with Crippen LogP contribution in [0.2, 0.25) is 0 Å². The second-order valence-corrected chi connectivity index (χ2v) is 6.64. The van der Waals surface area contributed by atoms with Gasteiger partial charge in [0, 0.05) is 5.92 Å². The van der Waals surface area contributed by atoms with Crippen molar-refractivity contribution >= 4 is 5.78 Å². The van der Waals surface area contributed by atoms with E-state index >= 15 is 0 Å². The third-order valence-electron chi connectivity index (χ3n) is 4.34. The van der Waals surface area contributed by atoms with Gasteiger partial charge in [-0.1, -0.05) is 20.8 Å². The number of furan rings is 1. The monoisotopic (exact) mass is 248 g/mol. The average molecular weight is 248 g/mol. The number of hydrogen-bond acceptors (Lipinski definition) is 2. The molecule has 2 rings (SSSR count). The zero-order valence-electron chi connectivity index (χ0n) is 11.7. The molecule has 0 bridgehead atoms. The molecular formula is C16H24O2. The topological polar surface area (TPSA) is 30.2 Å². The van der Waals surface area contributed by atoms with Crippen molar-refractivity contribution in [1.29, 1.82) is 0 Å². The third-order valence-corrected chi connectivity index (χ3v) is 4.34. The fraction of sp³-hybridized carbons (Fsp3) is 0.688. The summed E-state index contributed by atoms with van der Waals surface area (Å²) in [5, 5.41) is 0. The lowest BCUT2D eigenvalue weighted by atomic mass is 9.69. The van der Waals surface area contributed by atoms with Gasteiger partial charge in [0.15, 0.2) is 0 Å². The Kier molecular flexibility index (Phi) is 3.94. The molecular weight excluding hydrogens is 224 g/mol. The first-order chi connectivity index (χ1) is 8.47. The fourth-order valence-electron chi connectivity index (χ4n) is 3.01. The minimum Gasteiger partial charge on any atom is -0.469 e. The minimum absolute atomic E-state index is 0.258. The molecule has 0 atom stereocenters. The predicted octanol–water partition coefficient (Wildman–Crippen LogP) is 4.24. The van der Waals surface area contributed by atoms with E-state index in [2.05, 4.69) is 20.8 Å². The van der Waals surface area contributed by atoms with Gasteiger partial charge < -0.3 is 4.42 Å². The Morgan fingerprint density at radius 3 is 2.44 bits per heavy atom. The van der Waals surface area contributed by atoms with Gasteiger partial charge in [0.05, 0.1) is 12.7 Å². The van der Waals surface area contributed by atoms with Gasteiger partial charge in [0.2, 0.25) is 0 Å². The second kappa shape index (κ2) is 5.29. The van der Waals surface area contributed by atoms with Crippen molar-refractivity contribution < 1.29 is 9.21 Å². The maximum absolute atomic E-state index is 12.2. The van der Waals surface area contributed by atoms with Crippen LogP contribution >= 0.6 is 0 Å². The van der Waals surface area contributed by atoms with E-state index in [1.54, 1.807) is 6.26 Å². The molecule has 0 spiro atoms. The number of ketones is 1. The predicted molar refractivity (Wildman–Crippen MR) is 72.3 cm³/mol. The number of carbonyl (C=O) groups is 1. The summed E-state index contributed by atoms with van der Waals surface area (Å²) in [5.41, 5.74) is 0.384. The van der Waals surface area contributed by atoms with E-state index in [0.717, 1.165) is 24.5 Å². The van der Waals surface area contributed by atoms with Crippen molar-refractivity contribution in [2.45, 2.75) is 52.9 Å². The van der Waals surface area contributed by atoms with Crippen molar-refractivity contribution in [1.82, 2.24) is 0 Å². The van der Waals surface area contributed by atoms with E-state index in [0.29, 0.717) is 17.6 Å². The summed E-state index contributed by atoms with van der Waals surface area (Å²) >= 11 is 0. The van der Waals surface area contributed by atoms with Gasteiger partial charge in [-0.05, 0) is 49.1 Å². The Balaban J connectivity index is 1.84. The molecule has 100 valence electrons. The molecule has 2 heteroatoms. The first kappa shape index (κ1) is 13.4. The number of carbonyl (C=O) groups excluding carboxylic acids is 1. The van der Waals surface area contributed by atoms with Crippen LogP contribution in [0.1, 0.15) is 52.2 Å². The molecule has 0 radical (unpaired) electrons. The molecule has 0 amide bonds. The molecule has 0 saturated heterocycles. The molecule has 1 saturated carbocycles. The van der Waals surface area contributed by atoms with Gasteiger partial charge >= 0.3 is 0 Å². The summed E-state index contributed by atoms with van der Waals surface area (Å²) in [6.45, 7) is 6.92. The molecule has 2 nitrogen and oxygen atoms in total. The van der Waals surface area contributed by atoms with Crippen LogP contribution in [-0.4, -0.2) is 5.78 Å².